The number of para-hydroxylation sites is 1. The van der Waals surface area contributed by atoms with Crippen molar-refractivity contribution in [3.05, 3.63) is 65.0 Å². The minimum atomic E-state index is -0.300. The van der Waals surface area contributed by atoms with E-state index in [-0.39, 0.29) is 11.6 Å². The average Bonchev–Trinajstić information content (AvgIpc) is 2.95. The second kappa shape index (κ2) is 7.43. The Balaban J connectivity index is 1.34. The predicted molar refractivity (Wildman–Crippen MR) is 107 cm³/mol. The van der Waals surface area contributed by atoms with Gasteiger partial charge in [0.1, 0.15) is 5.82 Å². The Morgan fingerprint density at radius 1 is 1.19 bits per heavy atom. The van der Waals surface area contributed by atoms with Crippen LogP contribution in [0.4, 0.5) is 10.1 Å². The number of ketones is 1. The quantitative estimate of drug-likeness (QED) is 0.733. The van der Waals surface area contributed by atoms with Crippen LogP contribution >= 0.6 is 0 Å². The second-order valence-electron chi connectivity index (χ2n) is 7.92. The summed E-state index contributed by atoms with van der Waals surface area (Å²) in [5.74, 6) is 0.365. The van der Waals surface area contributed by atoms with Crippen LogP contribution in [0.25, 0.3) is 0 Å². The highest BCUT2D eigenvalue weighted by Crippen LogP contribution is 2.45. The molecule has 2 aliphatic heterocycles. The summed E-state index contributed by atoms with van der Waals surface area (Å²) in [7, 11) is 2.23. The zero-order chi connectivity index (χ0) is 19.0. The molecule has 0 N–H and O–H groups in total. The van der Waals surface area contributed by atoms with Crippen molar-refractivity contribution >= 4 is 11.5 Å². The van der Waals surface area contributed by atoms with Gasteiger partial charge in [0.15, 0.2) is 5.78 Å². The Hall–Kier alpha value is -2.20. The molecule has 1 fully saturated rings. The largest absolute Gasteiger partial charge is 0.370 e. The molecule has 3 nitrogen and oxygen atoms in total. The van der Waals surface area contributed by atoms with Crippen molar-refractivity contribution in [2.75, 3.05) is 31.6 Å². The summed E-state index contributed by atoms with van der Waals surface area (Å²) in [6.45, 7) is 5.30. The number of piperidine rings is 1. The van der Waals surface area contributed by atoms with E-state index in [1.54, 1.807) is 12.1 Å². The molecule has 2 atom stereocenters. The van der Waals surface area contributed by atoms with Gasteiger partial charge in [-0.1, -0.05) is 18.2 Å². The lowest BCUT2D eigenvalue weighted by Crippen LogP contribution is -2.45. The molecule has 2 heterocycles. The summed E-state index contributed by atoms with van der Waals surface area (Å²) >= 11 is 0. The van der Waals surface area contributed by atoms with Crippen LogP contribution in [0, 0.1) is 12.7 Å². The van der Waals surface area contributed by atoms with E-state index in [1.165, 1.54) is 35.4 Å². The van der Waals surface area contributed by atoms with E-state index in [4.69, 9.17) is 0 Å². The normalized spacial score (nSPS) is 21.8. The van der Waals surface area contributed by atoms with Crippen LogP contribution < -0.4 is 4.90 Å². The molecule has 4 heteroatoms. The maximum Gasteiger partial charge on any atom is 0.162 e. The second-order valence-corrected chi connectivity index (χ2v) is 7.92. The van der Waals surface area contributed by atoms with Gasteiger partial charge in [0.2, 0.25) is 0 Å². The van der Waals surface area contributed by atoms with Gasteiger partial charge in [0, 0.05) is 49.8 Å². The molecule has 0 bridgehead atoms. The standard InChI is InChI=1S/C23H27FN2O/c1-16-5-3-6-19-20-15-26(14-12-21(20)25(2)23(16)19)13-4-7-22(27)17-8-10-18(24)11-9-17/h3,5-6,8-11,20-21H,4,7,12-15H2,1-2H3/t20-,21?/m0/s1. The van der Waals surface area contributed by atoms with Crippen LogP contribution in [0.15, 0.2) is 42.5 Å². The maximum atomic E-state index is 13.0. The molecule has 0 amide bonds. The minimum absolute atomic E-state index is 0.103. The number of aryl methyl sites for hydroxylation is 1. The Labute approximate surface area is 160 Å². The lowest BCUT2D eigenvalue weighted by molar-refractivity contribution is 0.0971. The van der Waals surface area contributed by atoms with E-state index in [1.807, 2.05) is 0 Å². The van der Waals surface area contributed by atoms with Crippen LogP contribution in [0.5, 0.6) is 0 Å². The van der Waals surface area contributed by atoms with Crippen molar-refractivity contribution in [1.29, 1.82) is 0 Å². The van der Waals surface area contributed by atoms with Crippen molar-refractivity contribution < 1.29 is 9.18 Å². The summed E-state index contributed by atoms with van der Waals surface area (Å²) in [6.07, 6.45) is 2.54. The smallest absolute Gasteiger partial charge is 0.162 e. The number of nitrogens with zero attached hydrogens (tertiary/aromatic N) is 2. The van der Waals surface area contributed by atoms with Crippen molar-refractivity contribution in [1.82, 2.24) is 4.90 Å². The number of likely N-dealkylation sites (N-methyl/N-ethyl adjacent to an activating group) is 1. The first-order valence-corrected chi connectivity index (χ1v) is 9.88. The maximum absolute atomic E-state index is 13.0. The van der Waals surface area contributed by atoms with Crippen LogP contribution in [0.2, 0.25) is 0 Å². The fourth-order valence-electron chi connectivity index (χ4n) is 4.85. The molecular formula is C23H27FN2O. The third-order valence-corrected chi connectivity index (χ3v) is 6.22. The number of carbonyl (C=O) groups excluding carboxylic acids is 1. The third-order valence-electron chi connectivity index (χ3n) is 6.22. The van der Waals surface area contributed by atoms with Gasteiger partial charge in [-0.05, 0) is 61.7 Å². The number of likely N-dealkylation sites (tertiary alicyclic amines) is 1. The molecule has 0 aromatic heterocycles. The highest BCUT2D eigenvalue weighted by atomic mass is 19.1. The van der Waals surface area contributed by atoms with Crippen molar-refractivity contribution in [3.8, 4) is 0 Å². The van der Waals surface area contributed by atoms with Gasteiger partial charge >= 0.3 is 0 Å². The third kappa shape index (κ3) is 3.51. The van der Waals surface area contributed by atoms with Gasteiger partial charge in [-0.3, -0.25) is 4.79 Å². The lowest BCUT2D eigenvalue weighted by atomic mass is 9.88. The van der Waals surface area contributed by atoms with Gasteiger partial charge in [0.25, 0.3) is 0 Å². The van der Waals surface area contributed by atoms with Crippen LogP contribution in [0.3, 0.4) is 0 Å². The van der Waals surface area contributed by atoms with Crippen molar-refractivity contribution in [3.63, 3.8) is 0 Å². The number of halogens is 1. The number of hydrogen-bond acceptors (Lipinski definition) is 3. The predicted octanol–water partition coefficient (Wildman–Crippen LogP) is 4.40. The summed E-state index contributed by atoms with van der Waals surface area (Å²) in [5, 5.41) is 0. The van der Waals surface area contributed by atoms with Crippen molar-refractivity contribution in [2.24, 2.45) is 0 Å². The first kappa shape index (κ1) is 18.2. The van der Waals surface area contributed by atoms with Gasteiger partial charge in [0.05, 0.1) is 0 Å². The first-order valence-electron chi connectivity index (χ1n) is 9.88. The van der Waals surface area contributed by atoms with E-state index in [0.29, 0.717) is 23.9 Å². The Morgan fingerprint density at radius 3 is 2.74 bits per heavy atom. The lowest BCUT2D eigenvalue weighted by Gasteiger charge is -2.37. The molecule has 2 aromatic carbocycles. The number of benzene rings is 2. The molecule has 1 unspecified atom stereocenters. The molecular weight excluding hydrogens is 339 g/mol. The fourth-order valence-corrected chi connectivity index (χ4v) is 4.85. The summed E-state index contributed by atoms with van der Waals surface area (Å²) in [5.41, 5.74) is 4.87. The monoisotopic (exact) mass is 366 g/mol. The van der Waals surface area contributed by atoms with E-state index in [0.717, 1.165) is 26.1 Å². The summed E-state index contributed by atoms with van der Waals surface area (Å²) in [4.78, 5) is 17.3. The van der Waals surface area contributed by atoms with Gasteiger partial charge < -0.3 is 9.80 Å². The Kier molecular flexibility index (Phi) is 5.00. The number of Topliss-reactive ketones (excluding diaryl/α,β-unsaturated/α-hetero) is 1. The molecule has 2 aromatic rings. The van der Waals surface area contributed by atoms with E-state index >= 15 is 0 Å². The molecule has 27 heavy (non-hydrogen) atoms. The molecule has 0 saturated carbocycles. The molecule has 142 valence electrons. The van der Waals surface area contributed by atoms with Crippen LogP contribution in [-0.2, 0) is 0 Å². The Bertz CT molecular complexity index is 833. The highest BCUT2D eigenvalue weighted by Gasteiger charge is 2.40. The average molecular weight is 366 g/mol. The topological polar surface area (TPSA) is 23.6 Å². The fraction of sp³-hybridized carbons (Fsp3) is 0.435. The van der Waals surface area contributed by atoms with E-state index in [2.05, 4.69) is 42.0 Å². The highest BCUT2D eigenvalue weighted by molar-refractivity contribution is 5.95. The number of anilines is 1. The SMILES string of the molecule is Cc1cccc2c1N(C)C1CCN(CCCC(=O)c3ccc(F)cc3)C[C@@H]21. The molecule has 1 saturated heterocycles. The zero-order valence-electron chi connectivity index (χ0n) is 16.1. The number of hydrogen-bond donors (Lipinski definition) is 0. The molecule has 0 aliphatic carbocycles. The number of fused-ring (bicyclic) bond motifs is 3. The molecule has 0 radical (unpaired) electrons. The van der Waals surface area contributed by atoms with Crippen molar-refractivity contribution in [2.45, 2.75) is 38.1 Å². The molecule has 0 spiro atoms. The molecule has 4 rings (SSSR count). The van der Waals surface area contributed by atoms with E-state index in [9.17, 15) is 9.18 Å². The number of rotatable bonds is 5. The van der Waals surface area contributed by atoms with E-state index < -0.39 is 0 Å². The molecule has 2 aliphatic rings. The van der Waals surface area contributed by atoms with Gasteiger partial charge in [-0.15, -0.1) is 0 Å². The van der Waals surface area contributed by atoms with Crippen LogP contribution in [0.1, 0.15) is 46.7 Å². The van der Waals surface area contributed by atoms with Gasteiger partial charge in [-0.2, -0.15) is 0 Å². The minimum Gasteiger partial charge on any atom is -0.370 e. The Morgan fingerprint density at radius 2 is 1.96 bits per heavy atom. The zero-order valence-corrected chi connectivity index (χ0v) is 16.1. The first-order chi connectivity index (χ1) is 13.0. The van der Waals surface area contributed by atoms with Gasteiger partial charge in [-0.25, -0.2) is 4.39 Å². The number of carbonyl (C=O) groups is 1. The summed E-state index contributed by atoms with van der Waals surface area (Å²) < 4.78 is 13.0. The van der Waals surface area contributed by atoms with Crippen LogP contribution in [-0.4, -0.2) is 43.4 Å². The summed E-state index contributed by atoms with van der Waals surface area (Å²) in [6, 6.07) is 13.1.